The van der Waals surface area contributed by atoms with Crippen molar-refractivity contribution in [3.63, 3.8) is 0 Å². The molecule has 0 aliphatic rings. The first kappa shape index (κ1) is 20.0. The van der Waals surface area contributed by atoms with Crippen LogP contribution >= 0.6 is 0 Å². The number of hydrogen-bond acceptors (Lipinski definition) is 5. The summed E-state index contributed by atoms with van der Waals surface area (Å²) in [6.45, 7) is 3.86. The molecule has 2 aromatic rings. The Labute approximate surface area is 157 Å². The molecule has 0 saturated carbocycles. The number of nitrogens with zero attached hydrogens (tertiary/aromatic N) is 1. The van der Waals surface area contributed by atoms with E-state index in [-0.39, 0.29) is 18.1 Å². The lowest BCUT2D eigenvalue weighted by atomic mass is 9.97. The van der Waals surface area contributed by atoms with Crippen molar-refractivity contribution in [2.24, 2.45) is 0 Å². The van der Waals surface area contributed by atoms with Crippen LogP contribution < -0.4 is 0 Å². The van der Waals surface area contributed by atoms with Crippen molar-refractivity contribution in [2.45, 2.75) is 26.2 Å². The topological polar surface area (TPSA) is 86.5 Å². The van der Waals surface area contributed by atoms with E-state index in [0.717, 1.165) is 18.1 Å². The highest BCUT2D eigenvalue weighted by atomic mass is 16.6. The highest BCUT2D eigenvalue weighted by Crippen LogP contribution is 2.19. The highest BCUT2D eigenvalue weighted by molar-refractivity contribution is 5.98. The zero-order chi connectivity index (χ0) is 19.8. The van der Waals surface area contributed by atoms with Gasteiger partial charge >= 0.3 is 5.97 Å². The SMILES string of the molecule is CC[C@@H](C)c1ccc(C(=O)COC(=O)/C=C/c2cccc([N+](=O)[O-])c2)cc1. The fourth-order valence-corrected chi connectivity index (χ4v) is 2.41. The van der Waals surface area contributed by atoms with Gasteiger partial charge in [0.1, 0.15) is 0 Å². The Morgan fingerprint density at radius 3 is 2.52 bits per heavy atom. The summed E-state index contributed by atoms with van der Waals surface area (Å²) in [4.78, 5) is 34.1. The number of nitro groups is 1. The van der Waals surface area contributed by atoms with Gasteiger partial charge in [-0.25, -0.2) is 4.79 Å². The molecular formula is C21H21NO5. The number of Topliss-reactive ketones (excluding diaryl/α,β-unsaturated/α-hetero) is 1. The quantitative estimate of drug-likeness (QED) is 0.225. The Balaban J connectivity index is 1.90. The van der Waals surface area contributed by atoms with Gasteiger partial charge in [0.25, 0.3) is 5.69 Å². The first-order valence-corrected chi connectivity index (χ1v) is 8.63. The summed E-state index contributed by atoms with van der Waals surface area (Å²) >= 11 is 0. The summed E-state index contributed by atoms with van der Waals surface area (Å²) in [6.07, 6.45) is 3.56. The van der Waals surface area contributed by atoms with Crippen LogP contribution in [0.5, 0.6) is 0 Å². The number of nitro benzene ring substituents is 1. The molecule has 0 spiro atoms. The molecule has 0 N–H and O–H groups in total. The van der Waals surface area contributed by atoms with Gasteiger partial charge in [0.15, 0.2) is 12.4 Å². The molecule has 27 heavy (non-hydrogen) atoms. The number of ketones is 1. The number of non-ortho nitro benzene ring substituents is 1. The Morgan fingerprint density at radius 2 is 1.89 bits per heavy atom. The fraction of sp³-hybridized carbons (Fsp3) is 0.238. The molecule has 0 bridgehead atoms. The molecular weight excluding hydrogens is 346 g/mol. The van der Waals surface area contributed by atoms with E-state index >= 15 is 0 Å². The van der Waals surface area contributed by atoms with Gasteiger partial charge < -0.3 is 4.74 Å². The number of esters is 1. The van der Waals surface area contributed by atoms with Crippen LogP contribution in [0, 0.1) is 10.1 Å². The lowest BCUT2D eigenvalue weighted by Crippen LogP contribution is -2.12. The molecule has 0 saturated heterocycles. The second kappa shape index (κ2) is 9.43. The summed E-state index contributed by atoms with van der Waals surface area (Å²) in [5, 5.41) is 10.7. The Kier molecular flexibility index (Phi) is 7.00. The third-order valence-corrected chi connectivity index (χ3v) is 4.25. The molecule has 6 nitrogen and oxygen atoms in total. The number of benzene rings is 2. The van der Waals surface area contributed by atoms with Crippen LogP contribution in [0.4, 0.5) is 5.69 Å². The van der Waals surface area contributed by atoms with E-state index in [1.165, 1.54) is 24.3 Å². The van der Waals surface area contributed by atoms with Crippen molar-refractivity contribution >= 4 is 23.5 Å². The number of carbonyl (C=O) groups is 2. The van der Waals surface area contributed by atoms with Crippen molar-refractivity contribution < 1.29 is 19.2 Å². The second-order valence-electron chi connectivity index (χ2n) is 6.15. The van der Waals surface area contributed by atoms with Crippen LogP contribution in [0.15, 0.2) is 54.6 Å². The molecule has 0 aromatic heterocycles. The molecule has 2 rings (SSSR count). The van der Waals surface area contributed by atoms with Crippen LogP contribution in [0.3, 0.4) is 0 Å². The maximum absolute atomic E-state index is 12.1. The Bertz CT molecular complexity index is 855. The van der Waals surface area contributed by atoms with Crippen LogP contribution in [0.2, 0.25) is 0 Å². The van der Waals surface area contributed by atoms with Crippen LogP contribution in [-0.4, -0.2) is 23.3 Å². The molecule has 140 valence electrons. The van der Waals surface area contributed by atoms with Crippen molar-refractivity contribution in [1.29, 1.82) is 0 Å². The Hall–Kier alpha value is -3.28. The van der Waals surface area contributed by atoms with Crippen LogP contribution in [0.25, 0.3) is 6.08 Å². The van der Waals surface area contributed by atoms with Gasteiger partial charge in [-0.15, -0.1) is 0 Å². The molecule has 0 radical (unpaired) electrons. The second-order valence-corrected chi connectivity index (χ2v) is 6.15. The van der Waals surface area contributed by atoms with Gasteiger partial charge in [-0.2, -0.15) is 0 Å². The normalized spacial score (nSPS) is 11.9. The summed E-state index contributed by atoms with van der Waals surface area (Å²) in [6, 6.07) is 13.1. The van der Waals surface area contributed by atoms with E-state index in [9.17, 15) is 19.7 Å². The van der Waals surface area contributed by atoms with Gasteiger partial charge in [-0.3, -0.25) is 14.9 Å². The van der Waals surface area contributed by atoms with Gasteiger partial charge in [0.05, 0.1) is 4.92 Å². The van der Waals surface area contributed by atoms with E-state index in [1.54, 1.807) is 18.2 Å². The average Bonchev–Trinajstić information content (AvgIpc) is 2.70. The largest absolute Gasteiger partial charge is 0.454 e. The molecule has 2 aromatic carbocycles. The van der Waals surface area contributed by atoms with Crippen molar-refractivity contribution in [1.82, 2.24) is 0 Å². The summed E-state index contributed by atoms with van der Waals surface area (Å²) in [7, 11) is 0. The fourth-order valence-electron chi connectivity index (χ4n) is 2.41. The number of hydrogen-bond donors (Lipinski definition) is 0. The molecule has 0 amide bonds. The lowest BCUT2D eigenvalue weighted by molar-refractivity contribution is -0.384. The lowest BCUT2D eigenvalue weighted by Gasteiger charge is -2.09. The molecule has 0 unspecified atom stereocenters. The minimum absolute atomic E-state index is 0.0680. The van der Waals surface area contributed by atoms with E-state index < -0.39 is 10.9 Å². The molecule has 0 heterocycles. The molecule has 0 aliphatic carbocycles. The molecule has 6 heteroatoms. The molecule has 1 atom stereocenters. The zero-order valence-corrected chi connectivity index (χ0v) is 15.3. The number of ether oxygens (including phenoxy) is 1. The summed E-state index contributed by atoms with van der Waals surface area (Å²) < 4.78 is 4.95. The highest BCUT2D eigenvalue weighted by Gasteiger charge is 2.10. The minimum Gasteiger partial charge on any atom is -0.454 e. The zero-order valence-electron chi connectivity index (χ0n) is 15.3. The van der Waals surface area contributed by atoms with Crippen molar-refractivity contribution in [3.8, 4) is 0 Å². The van der Waals surface area contributed by atoms with Crippen LogP contribution in [0.1, 0.15) is 47.7 Å². The van der Waals surface area contributed by atoms with E-state index in [1.807, 2.05) is 12.1 Å². The standard InChI is InChI=1S/C21H21NO5/c1-3-15(2)17-8-10-18(11-9-17)20(23)14-27-21(24)12-7-16-5-4-6-19(13-16)22(25)26/h4-13,15H,3,14H2,1-2H3/b12-7+/t15-/m1/s1. The van der Waals surface area contributed by atoms with Gasteiger partial charge in [-0.1, -0.05) is 50.2 Å². The maximum atomic E-state index is 12.1. The average molecular weight is 367 g/mol. The third kappa shape index (κ3) is 5.88. The van der Waals surface area contributed by atoms with E-state index in [0.29, 0.717) is 17.0 Å². The van der Waals surface area contributed by atoms with E-state index in [4.69, 9.17) is 4.74 Å². The van der Waals surface area contributed by atoms with Crippen LogP contribution in [-0.2, 0) is 9.53 Å². The molecule has 0 fully saturated rings. The minimum atomic E-state index is -0.689. The number of rotatable bonds is 8. The van der Waals surface area contributed by atoms with Crippen molar-refractivity contribution in [2.75, 3.05) is 6.61 Å². The van der Waals surface area contributed by atoms with Crippen molar-refractivity contribution in [3.05, 3.63) is 81.4 Å². The predicted octanol–water partition coefficient (Wildman–Crippen LogP) is 4.55. The summed E-state index contributed by atoms with van der Waals surface area (Å²) in [5.41, 5.74) is 2.07. The Morgan fingerprint density at radius 1 is 1.19 bits per heavy atom. The first-order valence-electron chi connectivity index (χ1n) is 8.63. The van der Waals surface area contributed by atoms with Gasteiger partial charge in [0, 0.05) is 23.8 Å². The van der Waals surface area contributed by atoms with Gasteiger partial charge in [-0.05, 0) is 29.5 Å². The third-order valence-electron chi connectivity index (χ3n) is 4.25. The first-order chi connectivity index (χ1) is 12.9. The predicted molar refractivity (Wildman–Crippen MR) is 103 cm³/mol. The molecule has 0 aliphatic heterocycles. The smallest absolute Gasteiger partial charge is 0.331 e. The summed E-state index contributed by atoms with van der Waals surface area (Å²) in [5.74, 6) is -0.556. The monoisotopic (exact) mass is 367 g/mol. The van der Waals surface area contributed by atoms with Gasteiger partial charge in [0.2, 0.25) is 0 Å². The maximum Gasteiger partial charge on any atom is 0.331 e. The number of carbonyl (C=O) groups excluding carboxylic acids is 2. The van der Waals surface area contributed by atoms with E-state index in [2.05, 4.69) is 13.8 Å².